The fraction of sp³-hybridized carbons (Fsp3) is 0.300. The molecule has 6 heteroatoms. The molecule has 1 aliphatic heterocycles. The van der Waals surface area contributed by atoms with Crippen LogP contribution in [0.15, 0.2) is 42.5 Å². The van der Waals surface area contributed by atoms with Crippen molar-refractivity contribution in [1.82, 2.24) is 0 Å². The summed E-state index contributed by atoms with van der Waals surface area (Å²) in [6.07, 6.45) is 0.407. The Balaban J connectivity index is 1.85. The molecule has 2 aromatic rings. The highest BCUT2D eigenvalue weighted by Gasteiger charge is 2.22. The number of carbonyl (C=O) groups excluding carboxylic acids is 2. The predicted octanol–water partition coefficient (Wildman–Crippen LogP) is 3.87. The molecule has 6 nitrogen and oxygen atoms in total. The Morgan fingerprint density at radius 3 is 2.77 bits per heavy atom. The quantitative estimate of drug-likeness (QED) is 0.780. The lowest BCUT2D eigenvalue weighted by Crippen LogP contribution is -2.20. The maximum absolute atomic E-state index is 12.8. The number of hydrogen-bond donors (Lipinski definition) is 3. The molecule has 0 saturated carbocycles. The van der Waals surface area contributed by atoms with Gasteiger partial charge in [-0.1, -0.05) is 12.1 Å². The van der Waals surface area contributed by atoms with Crippen LogP contribution in [0.1, 0.15) is 37.6 Å². The van der Waals surface area contributed by atoms with Crippen LogP contribution in [0.4, 0.5) is 17.1 Å². The van der Waals surface area contributed by atoms with Crippen molar-refractivity contribution in [3.05, 3.63) is 48.0 Å². The van der Waals surface area contributed by atoms with Crippen molar-refractivity contribution in [3.63, 3.8) is 0 Å². The summed E-state index contributed by atoms with van der Waals surface area (Å²) in [6, 6.07) is 12.5. The van der Waals surface area contributed by atoms with Crippen molar-refractivity contribution in [2.24, 2.45) is 0 Å². The number of anilines is 3. The monoisotopic (exact) mass is 353 g/mol. The van der Waals surface area contributed by atoms with E-state index in [1.807, 2.05) is 39.0 Å². The molecule has 3 N–H and O–H groups in total. The third-order valence-electron chi connectivity index (χ3n) is 3.93. The van der Waals surface area contributed by atoms with E-state index in [4.69, 9.17) is 4.74 Å². The minimum absolute atomic E-state index is 0.0557. The maximum Gasteiger partial charge on any atom is 0.257 e. The molecule has 0 spiro atoms. The molecule has 1 heterocycles. The zero-order valence-corrected chi connectivity index (χ0v) is 15.1. The predicted molar refractivity (Wildman–Crippen MR) is 103 cm³/mol. The molecule has 1 atom stereocenters. The molecule has 1 unspecified atom stereocenters. The Kier molecular flexibility index (Phi) is 5.11. The zero-order chi connectivity index (χ0) is 18.7. The van der Waals surface area contributed by atoms with Crippen LogP contribution in [0.25, 0.3) is 0 Å². The van der Waals surface area contributed by atoms with Gasteiger partial charge in [0.2, 0.25) is 5.91 Å². The molecule has 136 valence electrons. The first-order chi connectivity index (χ1) is 12.4. The first kappa shape index (κ1) is 17.8. The van der Waals surface area contributed by atoms with Gasteiger partial charge < -0.3 is 20.7 Å². The lowest BCUT2D eigenvalue weighted by molar-refractivity contribution is -0.116. The average molecular weight is 353 g/mol. The summed E-state index contributed by atoms with van der Waals surface area (Å²) >= 11 is 0. The van der Waals surface area contributed by atoms with Crippen molar-refractivity contribution in [2.45, 2.75) is 39.3 Å². The lowest BCUT2D eigenvalue weighted by atomic mass is 10.1. The van der Waals surface area contributed by atoms with Crippen LogP contribution in [0.2, 0.25) is 0 Å². The van der Waals surface area contributed by atoms with Crippen LogP contribution in [-0.4, -0.2) is 24.0 Å². The van der Waals surface area contributed by atoms with Gasteiger partial charge in [0.25, 0.3) is 5.91 Å². The second-order valence-corrected chi connectivity index (χ2v) is 6.67. The van der Waals surface area contributed by atoms with Gasteiger partial charge in [-0.15, -0.1) is 0 Å². The van der Waals surface area contributed by atoms with E-state index in [0.29, 0.717) is 34.8 Å². The highest BCUT2D eigenvalue weighted by molar-refractivity contribution is 6.11. The molecular formula is C20H23N3O3. The first-order valence-corrected chi connectivity index (χ1v) is 8.70. The average Bonchev–Trinajstić information content (AvgIpc) is 2.70. The number of hydrogen-bond acceptors (Lipinski definition) is 4. The number of ether oxygens (including phenoxy) is 1. The lowest BCUT2D eigenvalue weighted by Gasteiger charge is -2.16. The smallest absolute Gasteiger partial charge is 0.257 e. The molecule has 0 radical (unpaired) electrons. The molecule has 1 aliphatic rings. The van der Waals surface area contributed by atoms with E-state index in [2.05, 4.69) is 16.0 Å². The normalized spacial score (nSPS) is 16.2. The number of nitrogens with one attached hydrogen (secondary N) is 3. The highest BCUT2D eigenvalue weighted by atomic mass is 16.5. The summed E-state index contributed by atoms with van der Waals surface area (Å²) in [5, 5.41) is 8.99. The molecule has 3 rings (SSSR count). The second kappa shape index (κ2) is 7.47. The van der Waals surface area contributed by atoms with E-state index >= 15 is 0 Å². The summed E-state index contributed by atoms with van der Waals surface area (Å²) in [5.41, 5.74) is 2.38. The van der Waals surface area contributed by atoms with Crippen molar-refractivity contribution >= 4 is 28.9 Å². The fourth-order valence-electron chi connectivity index (χ4n) is 2.90. The molecule has 0 aromatic heterocycles. The van der Waals surface area contributed by atoms with Crippen LogP contribution in [0, 0.1) is 0 Å². The van der Waals surface area contributed by atoms with Crippen LogP contribution < -0.4 is 20.7 Å². The molecule has 0 saturated heterocycles. The van der Waals surface area contributed by atoms with E-state index in [1.54, 1.807) is 24.3 Å². The first-order valence-electron chi connectivity index (χ1n) is 8.70. The summed E-state index contributed by atoms with van der Waals surface area (Å²) in [7, 11) is 0. The van der Waals surface area contributed by atoms with E-state index < -0.39 is 0 Å². The molecular weight excluding hydrogens is 330 g/mol. The van der Waals surface area contributed by atoms with Crippen LogP contribution in [0.3, 0.4) is 0 Å². The Morgan fingerprint density at radius 1 is 1.23 bits per heavy atom. The van der Waals surface area contributed by atoms with Gasteiger partial charge in [0, 0.05) is 24.2 Å². The molecule has 0 aliphatic carbocycles. The van der Waals surface area contributed by atoms with Gasteiger partial charge in [0.1, 0.15) is 5.75 Å². The van der Waals surface area contributed by atoms with E-state index in [9.17, 15) is 9.59 Å². The van der Waals surface area contributed by atoms with Gasteiger partial charge in [-0.05, 0) is 45.0 Å². The highest BCUT2D eigenvalue weighted by Crippen LogP contribution is 2.30. The van der Waals surface area contributed by atoms with Gasteiger partial charge in [-0.25, -0.2) is 0 Å². The van der Waals surface area contributed by atoms with Gasteiger partial charge in [0.05, 0.1) is 23.0 Å². The molecule has 26 heavy (non-hydrogen) atoms. The summed E-state index contributed by atoms with van der Waals surface area (Å²) in [6.45, 7) is 5.81. The van der Waals surface area contributed by atoms with Gasteiger partial charge in [-0.2, -0.15) is 0 Å². The molecule has 0 fully saturated rings. The van der Waals surface area contributed by atoms with Crippen molar-refractivity contribution in [3.8, 4) is 5.75 Å². The molecule has 0 bridgehead atoms. The second-order valence-electron chi connectivity index (χ2n) is 6.67. The maximum atomic E-state index is 12.8. The molecule has 2 aromatic carbocycles. The van der Waals surface area contributed by atoms with Gasteiger partial charge >= 0.3 is 0 Å². The Labute approximate surface area is 152 Å². The summed E-state index contributed by atoms with van der Waals surface area (Å²) in [5.74, 6) is 0.378. The van der Waals surface area contributed by atoms with Crippen LogP contribution in [-0.2, 0) is 4.79 Å². The van der Waals surface area contributed by atoms with Crippen LogP contribution >= 0.6 is 0 Å². The largest absolute Gasteiger partial charge is 0.491 e. The van der Waals surface area contributed by atoms with E-state index in [1.165, 1.54) is 0 Å². The van der Waals surface area contributed by atoms with E-state index in [-0.39, 0.29) is 24.0 Å². The van der Waals surface area contributed by atoms with Crippen molar-refractivity contribution < 1.29 is 14.3 Å². The molecule has 2 amide bonds. The van der Waals surface area contributed by atoms with Gasteiger partial charge in [-0.3, -0.25) is 9.59 Å². The Hall–Kier alpha value is -3.02. The number of amides is 2. The van der Waals surface area contributed by atoms with Crippen molar-refractivity contribution in [2.75, 3.05) is 16.0 Å². The summed E-state index contributed by atoms with van der Waals surface area (Å²) in [4.78, 5) is 24.7. The van der Waals surface area contributed by atoms with E-state index in [0.717, 1.165) is 0 Å². The van der Waals surface area contributed by atoms with Gasteiger partial charge in [0.15, 0.2) is 0 Å². The number of fused-ring (bicyclic) bond motifs is 1. The Bertz CT molecular complexity index is 833. The summed E-state index contributed by atoms with van der Waals surface area (Å²) < 4.78 is 5.66. The van der Waals surface area contributed by atoms with Crippen LogP contribution in [0.5, 0.6) is 5.75 Å². The number of rotatable bonds is 4. The number of benzene rings is 2. The Morgan fingerprint density at radius 2 is 2.00 bits per heavy atom. The zero-order valence-electron chi connectivity index (χ0n) is 15.1. The van der Waals surface area contributed by atoms with Crippen molar-refractivity contribution in [1.29, 1.82) is 0 Å². The minimum atomic E-state index is -0.251. The fourth-order valence-corrected chi connectivity index (χ4v) is 2.90. The number of para-hydroxylation sites is 1. The standard InChI is InChI=1S/C20H23N3O3/c1-12(2)26-15-7-4-6-14(11-15)22-20(25)16-8-5-9-17-19(16)21-13(3)10-18(24)23-17/h4-9,11-13,21H,10H2,1-3H3,(H,22,25)(H,23,24). The topological polar surface area (TPSA) is 79.5 Å². The third-order valence-corrected chi connectivity index (χ3v) is 3.93. The third kappa shape index (κ3) is 4.14. The number of carbonyl (C=O) groups is 2. The minimum Gasteiger partial charge on any atom is -0.491 e. The SMILES string of the molecule is CC1CC(=O)Nc2cccc(C(=O)Nc3cccc(OC(C)C)c3)c2N1.